The molecule has 110 valence electrons. The zero-order valence-corrected chi connectivity index (χ0v) is 13.6. The predicted octanol–water partition coefficient (Wildman–Crippen LogP) is 3.02. The highest BCUT2D eigenvalue weighted by atomic mass is 32.1. The van der Waals surface area contributed by atoms with Gasteiger partial charge in [0.05, 0.1) is 5.39 Å². The fourth-order valence-electron chi connectivity index (χ4n) is 2.10. The average Bonchev–Trinajstić information content (AvgIpc) is 2.87. The summed E-state index contributed by atoms with van der Waals surface area (Å²) in [5.41, 5.74) is 2.57. The Labute approximate surface area is 124 Å². The van der Waals surface area contributed by atoms with E-state index in [9.17, 15) is 0 Å². The van der Waals surface area contributed by atoms with Crippen LogP contribution in [0.3, 0.4) is 0 Å². The van der Waals surface area contributed by atoms with Gasteiger partial charge in [-0.15, -0.1) is 11.3 Å². The zero-order chi connectivity index (χ0) is 14.9. The minimum Gasteiger partial charge on any atom is -0.356 e. The Morgan fingerprint density at radius 1 is 1.35 bits per heavy atom. The van der Waals surface area contributed by atoms with Crippen LogP contribution in [0.1, 0.15) is 32.6 Å². The number of nitrogens with two attached hydrogens (primary N) is 1. The smallest absolute Gasteiger partial charge is 0.240 e. The van der Waals surface area contributed by atoms with Gasteiger partial charge in [0.25, 0.3) is 0 Å². The largest absolute Gasteiger partial charge is 0.356 e. The maximum absolute atomic E-state index is 5.50. The molecule has 0 amide bonds. The Hall–Kier alpha value is -1.40. The van der Waals surface area contributed by atoms with E-state index in [-0.39, 0.29) is 0 Å². The van der Waals surface area contributed by atoms with Crippen LogP contribution in [0.15, 0.2) is 6.07 Å². The van der Waals surface area contributed by atoms with Crippen LogP contribution in [0.2, 0.25) is 0 Å². The molecule has 3 N–H and O–H groups in total. The number of hydrogen-bond donors (Lipinski definition) is 2. The number of anilines is 2. The second kappa shape index (κ2) is 5.93. The van der Waals surface area contributed by atoms with E-state index in [0.29, 0.717) is 17.9 Å². The first-order valence-corrected chi connectivity index (χ1v) is 7.79. The van der Waals surface area contributed by atoms with E-state index in [4.69, 9.17) is 5.84 Å². The maximum atomic E-state index is 5.50. The van der Waals surface area contributed by atoms with E-state index in [0.717, 1.165) is 22.5 Å². The van der Waals surface area contributed by atoms with Crippen LogP contribution in [0.25, 0.3) is 10.2 Å². The fourth-order valence-corrected chi connectivity index (χ4v) is 3.07. The van der Waals surface area contributed by atoms with Gasteiger partial charge in [0, 0.05) is 18.0 Å². The van der Waals surface area contributed by atoms with Crippen LogP contribution in [-0.2, 0) is 6.42 Å². The molecule has 0 bridgehead atoms. The van der Waals surface area contributed by atoms with Crippen molar-refractivity contribution in [1.29, 1.82) is 0 Å². The zero-order valence-electron chi connectivity index (χ0n) is 12.8. The third-order valence-electron chi connectivity index (χ3n) is 3.81. The summed E-state index contributed by atoms with van der Waals surface area (Å²) in [4.78, 5) is 13.5. The lowest BCUT2D eigenvalue weighted by Gasteiger charge is -2.29. The molecule has 2 rings (SSSR count). The number of nitrogens with one attached hydrogen (secondary N) is 1. The van der Waals surface area contributed by atoms with Gasteiger partial charge < -0.3 is 4.90 Å². The number of fused-ring (bicyclic) bond motifs is 1. The Morgan fingerprint density at radius 2 is 2.05 bits per heavy atom. The number of nitrogens with zero attached hydrogens (tertiary/aromatic N) is 3. The molecule has 2 aromatic rings. The van der Waals surface area contributed by atoms with Gasteiger partial charge in [-0.1, -0.05) is 20.8 Å². The molecular weight excluding hydrogens is 270 g/mol. The van der Waals surface area contributed by atoms with E-state index in [1.165, 1.54) is 4.88 Å². The van der Waals surface area contributed by atoms with Crippen LogP contribution >= 0.6 is 11.3 Å². The molecule has 0 radical (unpaired) electrons. The van der Waals surface area contributed by atoms with Crippen molar-refractivity contribution in [2.45, 2.75) is 40.2 Å². The normalized spacial score (nSPS) is 12.9. The molecule has 2 heterocycles. The minimum absolute atomic E-state index is 0.392. The monoisotopic (exact) mass is 293 g/mol. The first kappa shape index (κ1) is 15.0. The van der Waals surface area contributed by atoms with E-state index < -0.39 is 0 Å². The number of aromatic nitrogens is 2. The summed E-state index contributed by atoms with van der Waals surface area (Å²) in [6.45, 7) is 8.79. The fraction of sp³-hybridized carbons (Fsp3) is 0.571. The molecule has 0 aliphatic heterocycles. The van der Waals surface area contributed by atoms with Gasteiger partial charge in [0.2, 0.25) is 5.95 Å². The lowest BCUT2D eigenvalue weighted by atomic mass is 10.1. The topological polar surface area (TPSA) is 67.1 Å². The Kier molecular flexibility index (Phi) is 4.45. The van der Waals surface area contributed by atoms with Crippen molar-refractivity contribution in [2.24, 2.45) is 11.8 Å². The van der Waals surface area contributed by atoms with Gasteiger partial charge in [-0.25, -0.2) is 10.8 Å². The standard InChI is InChI=1S/C14H23N5S/c1-6-10-7-11-12(19(5)9(4)8(2)3)16-14(18-15)17-13(11)20-10/h7-9H,6,15H2,1-5H3,(H,16,17,18). The Morgan fingerprint density at radius 3 is 2.60 bits per heavy atom. The third-order valence-corrected chi connectivity index (χ3v) is 4.98. The van der Waals surface area contributed by atoms with E-state index in [1.807, 2.05) is 0 Å². The quantitative estimate of drug-likeness (QED) is 0.655. The molecule has 6 heteroatoms. The molecule has 0 aliphatic rings. The van der Waals surface area contributed by atoms with Gasteiger partial charge in [0.15, 0.2) is 0 Å². The molecule has 0 spiro atoms. The van der Waals surface area contributed by atoms with Crippen molar-refractivity contribution in [3.05, 3.63) is 10.9 Å². The van der Waals surface area contributed by atoms with E-state index in [2.05, 4.69) is 61.1 Å². The molecule has 0 fully saturated rings. The summed E-state index contributed by atoms with van der Waals surface area (Å²) in [6, 6.07) is 2.59. The van der Waals surface area contributed by atoms with E-state index >= 15 is 0 Å². The van der Waals surface area contributed by atoms with Gasteiger partial charge in [0.1, 0.15) is 10.6 Å². The second-order valence-corrected chi connectivity index (χ2v) is 6.51. The van der Waals surface area contributed by atoms with Crippen LogP contribution < -0.4 is 16.2 Å². The molecule has 20 heavy (non-hydrogen) atoms. The second-order valence-electron chi connectivity index (χ2n) is 5.40. The number of hydrogen-bond acceptors (Lipinski definition) is 6. The van der Waals surface area contributed by atoms with Gasteiger partial charge in [-0.05, 0) is 25.3 Å². The number of aryl methyl sites for hydroxylation is 1. The maximum Gasteiger partial charge on any atom is 0.240 e. The molecule has 0 aliphatic carbocycles. The summed E-state index contributed by atoms with van der Waals surface area (Å²) in [7, 11) is 2.08. The van der Waals surface area contributed by atoms with Crippen molar-refractivity contribution in [3.8, 4) is 0 Å². The lowest BCUT2D eigenvalue weighted by Crippen LogP contribution is -2.34. The summed E-state index contributed by atoms with van der Waals surface area (Å²) < 4.78 is 0. The molecule has 1 unspecified atom stereocenters. The highest BCUT2D eigenvalue weighted by Gasteiger charge is 2.19. The lowest BCUT2D eigenvalue weighted by molar-refractivity contribution is 0.503. The molecule has 0 saturated heterocycles. The van der Waals surface area contributed by atoms with Gasteiger partial charge in [-0.3, -0.25) is 5.43 Å². The number of rotatable bonds is 5. The molecule has 0 saturated carbocycles. The highest BCUT2D eigenvalue weighted by Crippen LogP contribution is 2.33. The van der Waals surface area contributed by atoms with E-state index in [1.54, 1.807) is 11.3 Å². The molecule has 0 aromatic carbocycles. The van der Waals surface area contributed by atoms with Crippen molar-refractivity contribution in [2.75, 3.05) is 17.4 Å². The van der Waals surface area contributed by atoms with Crippen molar-refractivity contribution in [3.63, 3.8) is 0 Å². The molecule has 5 nitrogen and oxygen atoms in total. The third kappa shape index (κ3) is 2.71. The van der Waals surface area contributed by atoms with Crippen molar-refractivity contribution < 1.29 is 0 Å². The Bertz CT molecular complexity index is 593. The highest BCUT2D eigenvalue weighted by molar-refractivity contribution is 7.18. The first-order valence-electron chi connectivity index (χ1n) is 6.97. The Balaban J connectivity index is 2.57. The van der Waals surface area contributed by atoms with Gasteiger partial charge >= 0.3 is 0 Å². The predicted molar refractivity (Wildman–Crippen MR) is 87.3 cm³/mol. The van der Waals surface area contributed by atoms with Crippen LogP contribution in [0, 0.1) is 5.92 Å². The SMILES string of the molecule is CCc1cc2c(N(C)C(C)C(C)C)nc(NN)nc2s1. The molecule has 1 atom stereocenters. The number of thiophene rings is 1. The molecular formula is C14H23N5S. The van der Waals surface area contributed by atoms with Crippen LogP contribution in [-0.4, -0.2) is 23.1 Å². The number of nitrogen functional groups attached to an aromatic ring is 1. The summed E-state index contributed by atoms with van der Waals surface area (Å²) in [6.07, 6.45) is 1.01. The minimum atomic E-state index is 0.392. The van der Waals surface area contributed by atoms with Crippen LogP contribution in [0.5, 0.6) is 0 Å². The van der Waals surface area contributed by atoms with Crippen molar-refractivity contribution in [1.82, 2.24) is 9.97 Å². The summed E-state index contributed by atoms with van der Waals surface area (Å²) in [5, 5.41) is 1.11. The van der Waals surface area contributed by atoms with Crippen molar-refractivity contribution >= 4 is 33.3 Å². The molecule has 2 aromatic heterocycles. The number of hydrazine groups is 1. The summed E-state index contributed by atoms with van der Waals surface area (Å²) in [5.74, 6) is 7.46. The van der Waals surface area contributed by atoms with Crippen LogP contribution in [0.4, 0.5) is 11.8 Å². The average molecular weight is 293 g/mol. The summed E-state index contributed by atoms with van der Waals surface area (Å²) >= 11 is 1.71. The first-order chi connectivity index (χ1) is 9.47. The van der Waals surface area contributed by atoms with Gasteiger partial charge in [-0.2, -0.15) is 4.98 Å².